The molecule has 4 nitrogen and oxygen atoms in total. The van der Waals surface area contributed by atoms with Gasteiger partial charge in [0.15, 0.2) is 0 Å². The molecule has 0 spiro atoms. The van der Waals surface area contributed by atoms with Crippen LogP contribution in [0.15, 0.2) is 6.07 Å². The summed E-state index contributed by atoms with van der Waals surface area (Å²) in [6, 6.07) is 1.04. The maximum Gasteiger partial charge on any atom is 0.325 e. The average Bonchev–Trinajstić information content (AvgIpc) is 2.75. The van der Waals surface area contributed by atoms with E-state index >= 15 is 0 Å². The Bertz CT molecular complexity index is 417. The van der Waals surface area contributed by atoms with Crippen LogP contribution in [0.4, 0.5) is 0 Å². The van der Waals surface area contributed by atoms with E-state index < -0.39 is 12.0 Å². The summed E-state index contributed by atoms with van der Waals surface area (Å²) in [6.07, 6.45) is 3.24. The Morgan fingerprint density at radius 2 is 2.25 bits per heavy atom. The second-order valence-electron chi connectivity index (χ2n) is 3.95. The Morgan fingerprint density at radius 3 is 2.88 bits per heavy atom. The second-order valence-corrected chi connectivity index (χ2v) is 5.08. The van der Waals surface area contributed by atoms with Crippen LogP contribution in [0.1, 0.15) is 33.5 Å². The minimum atomic E-state index is -1.02. The summed E-state index contributed by atoms with van der Waals surface area (Å²) in [5, 5.41) is 11.1. The van der Waals surface area contributed by atoms with Crippen LogP contribution in [0.5, 0.6) is 0 Å². The van der Waals surface area contributed by atoms with Crippen LogP contribution in [-0.4, -0.2) is 23.0 Å². The summed E-state index contributed by atoms with van der Waals surface area (Å²) < 4.78 is 0. The van der Waals surface area contributed by atoms with E-state index in [4.69, 9.17) is 5.11 Å². The number of carboxylic acid groups (broad SMARTS) is 1. The third-order valence-electron chi connectivity index (χ3n) is 2.69. The summed E-state index contributed by atoms with van der Waals surface area (Å²) in [5.74, 6) is -1.30. The van der Waals surface area contributed by atoms with Crippen molar-refractivity contribution in [3.63, 3.8) is 0 Å². The summed E-state index contributed by atoms with van der Waals surface area (Å²) in [7, 11) is 0. The standard InChI is InChI=1S/C11H13NO3S/c1-6(11(14)15)12-10(13)9-5-7-3-2-4-8(7)16-9/h5-6H,2-4H2,1H3,(H,12,13)(H,14,15). The SMILES string of the molecule is CC(NC(=O)c1cc2c(s1)CCC2)C(=O)O. The second kappa shape index (κ2) is 4.25. The van der Waals surface area contributed by atoms with Crippen molar-refractivity contribution in [1.82, 2.24) is 5.32 Å². The van der Waals surface area contributed by atoms with E-state index in [2.05, 4.69) is 5.32 Å². The summed E-state index contributed by atoms with van der Waals surface area (Å²) >= 11 is 1.48. The number of aryl methyl sites for hydroxylation is 2. The zero-order valence-corrected chi connectivity index (χ0v) is 9.76. The topological polar surface area (TPSA) is 66.4 Å². The minimum Gasteiger partial charge on any atom is -0.480 e. The van der Waals surface area contributed by atoms with Gasteiger partial charge in [-0.1, -0.05) is 0 Å². The number of thiophene rings is 1. The lowest BCUT2D eigenvalue weighted by atomic mass is 10.2. The molecule has 0 aromatic carbocycles. The number of aliphatic carboxylic acids is 1. The molecule has 1 aromatic heterocycles. The molecule has 86 valence electrons. The number of fused-ring (bicyclic) bond motifs is 1. The largest absolute Gasteiger partial charge is 0.480 e. The van der Waals surface area contributed by atoms with Crippen molar-refractivity contribution in [2.45, 2.75) is 32.2 Å². The summed E-state index contributed by atoms with van der Waals surface area (Å²) in [5.41, 5.74) is 1.25. The quantitative estimate of drug-likeness (QED) is 0.838. The number of carbonyl (C=O) groups is 2. The average molecular weight is 239 g/mol. The van der Waals surface area contributed by atoms with Crippen LogP contribution in [0.2, 0.25) is 0 Å². The van der Waals surface area contributed by atoms with Crippen molar-refractivity contribution in [2.75, 3.05) is 0 Å². The van der Waals surface area contributed by atoms with Gasteiger partial charge in [-0.05, 0) is 37.8 Å². The maximum atomic E-state index is 11.7. The van der Waals surface area contributed by atoms with Gasteiger partial charge in [-0.3, -0.25) is 9.59 Å². The molecule has 1 atom stereocenters. The van der Waals surface area contributed by atoms with Crippen molar-refractivity contribution >= 4 is 23.2 Å². The highest BCUT2D eigenvalue weighted by Gasteiger charge is 2.20. The molecule has 1 heterocycles. The van der Waals surface area contributed by atoms with Crippen LogP contribution in [0, 0.1) is 0 Å². The number of rotatable bonds is 3. The molecule has 0 fully saturated rings. The fraction of sp³-hybridized carbons (Fsp3) is 0.455. The molecule has 2 N–H and O–H groups in total. The van der Waals surface area contributed by atoms with E-state index in [1.54, 1.807) is 0 Å². The highest BCUT2D eigenvalue weighted by molar-refractivity contribution is 7.14. The Kier molecular flexibility index (Phi) is 2.96. The molecular weight excluding hydrogens is 226 g/mol. The lowest BCUT2D eigenvalue weighted by Crippen LogP contribution is -2.37. The first-order valence-electron chi connectivity index (χ1n) is 5.23. The summed E-state index contributed by atoms with van der Waals surface area (Å²) in [6.45, 7) is 1.46. The van der Waals surface area contributed by atoms with Gasteiger partial charge in [-0.25, -0.2) is 0 Å². The molecule has 1 aliphatic carbocycles. The van der Waals surface area contributed by atoms with Crippen molar-refractivity contribution < 1.29 is 14.7 Å². The molecule has 0 saturated carbocycles. The first kappa shape index (κ1) is 11.1. The lowest BCUT2D eigenvalue weighted by Gasteiger charge is -2.07. The number of carbonyl (C=O) groups excluding carboxylic acids is 1. The predicted molar refractivity (Wildman–Crippen MR) is 60.9 cm³/mol. The van der Waals surface area contributed by atoms with Crippen molar-refractivity contribution in [1.29, 1.82) is 0 Å². The fourth-order valence-corrected chi connectivity index (χ4v) is 2.93. The number of amides is 1. The molecule has 0 bridgehead atoms. The Hall–Kier alpha value is -1.36. The maximum absolute atomic E-state index is 11.7. The van der Waals surface area contributed by atoms with Gasteiger partial charge in [0.25, 0.3) is 5.91 Å². The first-order chi connectivity index (χ1) is 7.58. The normalized spacial score (nSPS) is 15.6. The van der Waals surface area contributed by atoms with Gasteiger partial charge in [-0.15, -0.1) is 11.3 Å². The van der Waals surface area contributed by atoms with Gasteiger partial charge in [0, 0.05) is 4.88 Å². The van der Waals surface area contributed by atoms with E-state index in [-0.39, 0.29) is 5.91 Å². The highest BCUT2D eigenvalue weighted by Crippen LogP contribution is 2.30. The number of hydrogen-bond acceptors (Lipinski definition) is 3. The third kappa shape index (κ3) is 2.09. The zero-order valence-electron chi connectivity index (χ0n) is 8.95. The van der Waals surface area contributed by atoms with E-state index in [9.17, 15) is 9.59 Å². The first-order valence-corrected chi connectivity index (χ1v) is 6.05. The molecule has 0 saturated heterocycles. The molecule has 1 unspecified atom stereocenters. The van der Waals surface area contributed by atoms with Crippen LogP contribution < -0.4 is 5.32 Å². The highest BCUT2D eigenvalue weighted by atomic mass is 32.1. The van der Waals surface area contributed by atoms with Crippen LogP contribution >= 0.6 is 11.3 Å². The molecule has 2 rings (SSSR count). The lowest BCUT2D eigenvalue weighted by molar-refractivity contribution is -0.138. The third-order valence-corrected chi connectivity index (χ3v) is 3.92. The molecular formula is C11H13NO3S. The Balaban J connectivity index is 2.07. The van der Waals surface area contributed by atoms with Gasteiger partial charge in [0.1, 0.15) is 6.04 Å². The van der Waals surface area contributed by atoms with Crippen LogP contribution in [-0.2, 0) is 17.6 Å². The minimum absolute atomic E-state index is 0.283. The molecule has 1 amide bonds. The monoisotopic (exact) mass is 239 g/mol. The molecule has 16 heavy (non-hydrogen) atoms. The molecule has 0 aliphatic heterocycles. The van der Waals surface area contributed by atoms with Gasteiger partial charge in [-0.2, -0.15) is 0 Å². The van der Waals surface area contributed by atoms with Crippen LogP contribution in [0.3, 0.4) is 0 Å². The number of hydrogen-bond donors (Lipinski definition) is 2. The van der Waals surface area contributed by atoms with Gasteiger partial charge >= 0.3 is 5.97 Å². The molecule has 5 heteroatoms. The van der Waals surface area contributed by atoms with E-state index in [1.807, 2.05) is 6.07 Å². The van der Waals surface area contributed by atoms with E-state index in [1.165, 1.54) is 28.7 Å². The van der Waals surface area contributed by atoms with Gasteiger partial charge < -0.3 is 10.4 Å². The van der Waals surface area contributed by atoms with Gasteiger partial charge in [0.05, 0.1) is 4.88 Å². The van der Waals surface area contributed by atoms with Crippen molar-refractivity contribution in [3.8, 4) is 0 Å². The smallest absolute Gasteiger partial charge is 0.325 e. The molecule has 1 aliphatic rings. The van der Waals surface area contributed by atoms with Crippen molar-refractivity contribution in [3.05, 3.63) is 21.4 Å². The van der Waals surface area contributed by atoms with E-state index in [0.717, 1.165) is 19.3 Å². The molecule has 0 radical (unpaired) electrons. The fourth-order valence-electron chi connectivity index (χ4n) is 1.77. The predicted octanol–water partition coefficient (Wildman–Crippen LogP) is 1.44. The molecule has 1 aromatic rings. The van der Waals surface area contributed by atoms with E-state index in [0.29, 0.717) is 4.88 Å². The summed E-state index contributed by atoms with van der Waals surface area (Å²) in [4.78, 5) is 24.2. The number of nitrogens with one attached hydrogen (secondary N) is 1. The Labute approximate surface area is 97.3 Å². The van der Waals surface area contributed by atoms with Crippen molar-refractivity contribution in [2.24, 2.45) is 0 Å². The van der Waals surface area contributed by atoms with Crippen LogP contribution in [0.25, 0.3) is 0 Å². The zero-order chi connectivity index (χ0) is 11.7. The van der Waals surface area contributed by atoms with Gasteiger partial charge in [0.2, 0.25) is 0 Å². The number of carboxylic acids is 1. The Morgan fingerprint density at radius 1 is 1.50 bits per heavy atom.